The highest BCUT2D eigenvalue weighted by Crippen LogP contribution is 2.18. The summed E-state index contributed by atoms with van der Waals surface area (Å²) in [5.41, 5.74) is 4.46. The zero-order valence-electron chi connectivity index (χ0n) is 13.4. The van der Waals surface area contributed by atoms with Gasteiger partial charge in [-0.2, -0.15) is 5.10 Å². The third-order valence-corrected chi connectivity index (χ3v) is 4.16. The number of hydrogen-bond donors (Lipinski definition) is 1. The van der Waals surface area contributed by atoms with Gasteiger partial charge in [-0.1, -0.05) is 18.2 Å². The lowest BCUT2D eigenvalue weighted by atomic mass is 10.2. The molecule has 0 amide bonds. The quantitative estimate of drug-likeness (QED) is 0.510. The fourth-order valence-electron chi connectivity index (χ4n) is 2.08. The van der Waals surface area contributed by atoms with Crippen LogP contribution in [0.2, 0.25) is 0 Å². The first-order valence-corrected chi connectivity index (χ1v) is 8.37. The standard InChI is InChI=1S/C18H15F2N3OS/c1-12-11-25-18(22-12)23-21-9-13-4-2-5-14(8-13)24-10-15-16(19)6-3-7-17(15)20/h2-9,11H,10H2,1H3,(H,22,23). The Morgan fingerprint density at radius 1 is 1.20 bits per heavy atom. The Morgan fingerprint density at radius 3 is 2.68 bits per heavy atom. The first-order chi connectivity index (χ1) is 12.1. The summed E-state index contributed by atoms with van der Waals surface area (Å²) in [5.74, 6) is -0.752. The number of nitrogens with zero attached hydrogens (tertiary/aromatic N) is 2. The van der Waals surface area contributed by atoms with Crippen molar-refractivity contribution >= 4 is 22.7 Å². The van der Waals surface area contributed by atoms with Gasteiger partial charge in [-0.3, -0.25) is 5.43 Å². The third-order valence-electron chi connectivity index (χ3n) is 3.30. The smallest absolute Gasteiger partial charge is 0.203 e. The van der Waals surface area contributed by atoms with Gasteiger partial charge in [0.25, 0.3) is 0 Å². The van der Waals surface area contributed by atoms with Crippen molar-refractivity contribution in [2.45, 2.75) is 13.5 Å². The van der Waals surface area contributed by atoms with Crippen LogP contribution in [0.25, 0.3) is 0 Å². The van der Waals surface area contributed by atoms with Crippen LogP contribution in [0, 0.1) is 18.6 Å². The number of nitrogens with one attached hydrogen (secondary N) is 1. The van der Waals surface area contributed by atoms with E-state index < -0.39 is 11.6 Å². The highest BCUT2D eigenvalue weighted by Gasteiger charge is 2.09. The molecule has 25 heavy (non-hydrogen) atoms. The van der Waals surface area contributed by atoms with Crippen LogP contribution in [-0.4, -0.2) is 11.2 Å². The van der Waals surface area contributed by atoms with Gasteiger partial charge < -0.3 is 4.74 Å². The first kappa shape index (κ1) is 17.0. The fourth-order valence-corrected chi connectivity index (χ4v) is 2.71. The summed E-state index contributed by atoms with van der Waals surface area (Å²) >= 11 is 1.46. The van der Waals surface area contributed by atoms with Gasteiger partial charge in [0.2, 0.25) is 5.13 Å². The zero-order chi connectivity index (χ0) is 17.6. The second-order valence-electron chi connectivity index (χ2n) is 5.23. The van der Waals surface area contributed by atoms with Crippen molar-refractivity contribution in [2.24, 2.45) is 5.10 Å². The third kappa shape index (κ3) is 4.60. The lowest BCUT2D eigenvalue weighted by Crippen LogP contribution is -2.02. The van der Waals surface area contributed by atoms with E-state index in [1.165, 1.54) is 29.5 Å². The molecule has 1 aromatic heterocycles. The zero-order valence-corrected chi connectivity index (χ0v) is 14.2. The Morgan fingerprint density at radius 2 is 1.96 bits per heavy atom. The van der Waals surface area contributed by atoms with Crippen LogP contribution in [0.3, 0.4) is 0 Å². The highest BCUT2D eigenvalue weighted by atomic mass is 32.1. The van der Waals surface area contributed by atoms with Crippen molar-refractivity contribution in [2.75, 3.05) is 5.43 Å². The Labute approximate surface area is 147 Å². The molecule has 2 aromatic carbocycles. The molecule has 0 unspecified atom stereocenters. The van der Waals surface area contributed by atoms with Crippen molar-refractivity contribution in [3.8, 4) is 5.75 Å². The average molecular weight is 359 g/mol. The molecule has 1 heterocycles. The van der Waals surface area contributed by atoms with Crippen molar-refractivity contribution in [3.63, 3.8) is 0 Å². The topological polar surface area (TPSA) is 46.5 Å². The van der Waals surface area contributed by atoms with E-state index >= 15 is 0 Å². The molecular weight excluding hydrogens is 344 g/mol. The molecule has 0 saturated heterocycles. The molecule has 1 N–H and O–H groups in total. The van der Waals surface area contributed by atoms with E-state index in [1.807, 2.05) is 18.4 Å². The van der Waals surface area contributed by atoms with Crippen LogP contribution in [0.1, 0.15) is 16.8 Å². The van der Waals surface area contributed by atoms with Gasteiger partial charge >= 0.3 is 0 Å². The molecule has 0 atom stereocenters. The van der Waals surface area contributed by atoms with Gasteiger partial charge in [-0.25, -0.2) is 13.8 Å². The maximum absolute atomic E-state index is 13.6. The second kappa shape index (κ2) is 7.85. The number of rotatable bonds is 6. The van der Waals surface area contributed by atoms with Crippen LogP contribution in [0.5, 0.6) is 5.75 Å². The Balaban J connectivity index is 1.63. The van der Waals surface area contributed by atoms with Crippen LogP contribution in [-0.2, 0) is 6.61 Å². The molecule has 4 nitrogen and oxygen atoms in total. The van der Waals surface area contributed by atoms with E-state index in [0.717, 1.165) is 11.3 Å². The Bertz CT molecular complexity index is 875. The van der Waals surface area contributed by atoms with E-state index in [9.17, 15) is 8.78 Å². The monoisotopic (exact) mass is 359 g/mol. The van der Waals surface area contributed by atoms with Crippen molar-refractivity contribution in [1.82, 2.24) is 4.98 Å². The van der Waals surface area contributed by atoms with E-state index in [0.29, 0.717) is 10.9 Å². The number of aryl methyl sites for hydroxylation is 1. The maximum atomic E-state index is 13.6. The molecule has 0 aliphatic carbocycles. The number of hydrogen-bond acceptors (Lipinski definition) is 5. The molecule has 0 spiro atoms. The summed E-state index contributed by atoms with van der Waals surface area (Å²) in [5, 5.41) is 6.74. The lowest BCUT2D eigenvalue weighted by Gasteiger charge is -2.08. The van der Waals surface area contributed by atoms with Gasteiger partial charge in [0.1, 0.15) is 24.0 Å². The largest absolute Gasteiger partial charge is 0.489 e. The summed E-state index contributed by atoms with van der Waals surface area (Å²) < 4.78 is 32.7. The van der Waals surface area contributed by atoms with E-state index in [1.54, 1.807) is 24.4 Å². The first-order valence-electron chi connectivity index (χ1n) is 7.49. The molecule has 128 valence electrons. The van der Waals surface area contributed by atoms with Gasteiger partial charge in [0.15, 0.2) is 0 Å². The van der Waals surface area contributed by atoms with Crippen molar-refractivity contribution in [1.29, 1.82) is 0 Å². The maximum Gasteiger partial charge on any atom is 0.203 e. The molecule has 0 bridgehead atoms. The van der Waals surface area contributed by atoms with Gasteiger partial charge in [-0.15, -0.1) is 11.3 Å². The van der Waals surface area contributed by atoms with Gasteiger partial charge in [0.05, 0.1) is 17.5 Å². The van der Waals surface area contributed by atoms with Crippen LogP contribution >= 0.6 is 11.3 Å². The summed E-state index contributed by atoms with van der Waals surface area (Å²) in [7, 11) is 0. The molecular formula is C18H15F2N3OS. The van der Waals surface area contributed by atoms with Gasteiger partial charge in [-0.05, 0) is 36.8 Å². The molecule has 3 aromatic rings. The number of hydrazone groups is 1. The highest BCUT2D eigenvalue weighted by molar-refractivity contribution is 7.13. The number of aromatic nitrogens is 1. The average Bonchev–Trinajstić information content (AvgIpc) is 3.00. The van der Waals surface area contributed by atoms with Crippen LogP contribution < -0.4 is 10.2 Å². The predicted octanol–water partition coefficient (Wildman–Crippen LogP) is 4.75. The number of anilines is 1. The van der Waals surface area contributed by atoms with Gasteiger partial charge in [0, 0.05) is 5.38 Å². The number of halogens is 2. The number of thiazole rings is 1. The van der Waals surface area contributed by atoms with Crippen molar-refractivity contribution in [3.05, 3.63) is 76.3 Å². The molecule has 7 heteroatoms. The lowest BCUT2D eigenvalue weighted by molar-refractivity contribution is 0.292. The molecule has 0 saturated carbocycles. The normalized spacial score (nSPS) is 11.0. The van der Waals surface area contributed by atoms with Crippen LogP contribution in [0.4, 0.5) is 13.9 Å². The van der Waals surface area contributed by atoms with E-state index in [-0.39, 0.29) is 12.2 Å². The number of benzene rings is 2. The Kier molecular flexibility index (Phi) is 5.35. The van der Waals surface area contributed by atoms with E-state index in [2.05, 4.69) is 15.5 Å². The minimum Gasteiger partial charge on any atom is -0.489 e. The minimum atomic E-state index is -0.624. The molecule has 0 radical (unpaired) electrons. The second-order valence-corrected chi connectivity index (χ2v) is 6.08. The molecule has 3 rings (SSSR count). The molecule has 0 fully saturated rings. The SMILES string of the molecule is Cc1csc(NN=Cc2cccc(OCc3c(F)cccc3F)c2)n1. The minimum absolute atomic E-state index is 0.0950. The van der Waals surface area contributed by atoms with E-state index in [4.69, 9.17) is 4.74 Å². The summed E-state index contributed by atoms with van der Waals surface area (Å²) in [6.45, 7) is 1.72. The van der Waals surface area contributed by atoms with Crippen molar-refractivity contribution < 1.29 is 13.5 Å². The summed E-state index contributed by atoms with van der Waals surface area (Å²) in [6, 6.07) is 10.8. The fraction of sp³-hybridized carbons (Fsp3) is 0.111. The summed E-state index contributed by atoms with van der Waals surface area (Å²) in [6.07, 6.45) is 1.62. The molecule has 0 aliphatic rings. The number of ether oxygens (including phenoxy) is 1. The van der Waals surface area contributed by atoms with Crippen LogP contribution in [0.15, 0.2) is 52.9 Å². The molecule has 0 aliphatic heterocycles. The summed E-state index contributed by atoms with van der Waals surface area (Å²) in [4.78, 5) is 4.24. The predicted molar refractivity (Wildman–Crippen MR) is 95.2 cm³/mol. The Hall–Kier alpha value is -2.80.